The lowest BCUT2D eigenvalue weighted by Crippen LogP contribution is -2.36. The Morgan fingerprint density at radius 2 is 1.74 bits per heavy atom. The number of hydrogen-bond acceptors (Lipinski definition) is 0. The molecule has 0 spiro atoms. The van der Waals surface area contributed by atoms with Crippen molar-refractivity contribution >= 4 is 23.2 Å². The van der Waals surface area contributed by atoms with E-state index in [4.69, 9.17) is 23.2 Å². The number of hydrogen-bond donors (Lipinski definition) is 0. The molecule has 1 saturated carbocycles. The summed E-state index contributed by atoms with van der Waals surface area (Å²) in [4.78, 5) is 0. The second-order valence-corrected chi connectivity index (χ2v) is 6.06. The molecule has 2 rings (SSSR count). The maximum atomic E-state index is 13.8. The zero-order chi connectivity index (χ0) is 13.9. The van der Waals surface area contributed by atoms with E-state index in [2.05, 4.69) is 0 Å². The van der Waals surface area contributed by atoms with E-state index in [1.165, 1.54) is 25.0 Å². The molecular formula is C15H18Cl2F2. The van der Waals surface area contributed by atoms with Crippen LogP contribution in [0.25, 0.3) is 0 Å². The molecule has 1 aliphatic carbocycles. The first-order valence-corrected chi connectivity index (χ1v) is 7.74. The quantitative estimate of drug-likeness (QED) is 0.659. The highest BCUT2D eigenvalue weighted by Crippen LogP contribution is 2.44. The van der Waals surface area contributed by atoms with Gasteiger partial charge in [-0.05, 0) is 48.9 Å². The largest absolute Gasteiger partial charge is 0.207 e. The molecule has 0 aromatic heterocycles. The highest BCUT2D eigenvalue weighted by molar-refractivity contribution is 6.21. The highest BCUT2D eigenvalue weighted by Gasteiger charge is 2.39. The summed E-state index contributed by atoms with van der Waals surface area (Å²) < 4.78 is 27.1. The van der Waals surface area contributed by atoms with Crippen LogP contribution in [-0.2, 0) is 6.42 Å². The summed E-state index contributed by atoms with van der Waals surface area (Å²) in [6, 6.07) is 3.57. The topological polar surface area (TPSA) is 0 Å². The minimum absolute atomic E-state index is 0.325. The second kappa shape index (κ2) is 6.41. The predicted molar refractivity (Wildman–Crippen MR) is 75.9 cm³/mol. The van der Waals surface area contributed by atoms with Crippen LogP contribution in [-0.4, -0.2) is 11.8 Å². The third-order valence-electron chi connectivity index (χ3n) is 4.30. The van der Waals surface area contributed by atoms with Crippen molar-refractivity contribution in [2.75, 3.05) is 11.8 Å². The molecule has 0 aliphatic heterocycles. The first-order chi connectivity index (χ1) is 9.11. The lowest BCUT2D eigenvalue weighted by atomic mass is 9.73. The van der Waals surface area contributed by atoms with Crippen molar-refractivity contribution in [1.29, 1.82) is 0 Å². The maximum absolute atomic E-state index is 13.8. The highest BCUT2D eigenvalue weighted by atomic mass is 35.5. The van der Waals surface area contributed by atoms with Crippen LogP contribution < -0.4 is 0 Å². The van der Waals surface area contributed by atoms with Gasteiger partial charge >= 0.3 is 0 Å². The fourth-order valence-electron chi connectivity index (χ4n) is 3.09. The molecule has 1 aliphatic rings. The number of rotatable bonds is 5. The third-order valence-corrected chi connectivity index (χ3v) is 5.37. The van der Waals surface area contributed by atoms with E-state index in [0.717, 1.165) is 18.9 Å². The van der Waals surface area contributed by atoms with E-state index in [-0.39, 0.29) is 11.2 Å². The minimum atomic E-state index is -0.416. The van der Waals surface area contributed by atoms with Gasteiger partial charge in [0, 0.05) is 17.2 Å². The SMILES string of the molecule is Fc1ccc(F)c(CC(CCl)(CCl)C2CCCC2)c1. The van der Waals surface area contributed by atoms with Crippen molar-refractivity contribution in [3.63, 3.8) is 0 Å². The molecule has 106 valence electrons. The zero-order valence-electron chi connectivity index (χ0n) is 10.8. The van der Waals surface area contributed by atoms with E-state index in [9.17, 15) is 8.78 Å². The van der Waals surface area contributed by atoms with Gasteiger partial charge in [-0.1, -0.05) is 12.8 Å². The molecule has 4 heteroatoms. The molecule has 0 nitrogen and oxygen atoms in total. The molecule has 0 unspecified atom stereocenters. The van der Waals surface area contributed by atoms with Gasteiger partial charge < -0.3 is 0 Å². The van der Waals surface area contributed by atoms with Crippen molar-refractivity contribution in [2.45, 2.75) is 32.1 Å². The molecule has 0 amide bonds. The van der Waals surface area contributed by atoms with Crippen LogP contribution in [0.5, 0.6) is 0 Å². The molecule has 0 atom stereocenters. The number of alkyl halides is 2. The molecular weight excluding hydrogens is 289 g/mol. The van der Waals surface area contributed by atoms with Crippen LogP contribution in [0.2, 0.25) is 0 Å². The third kappa shape index (κ3) is 3.22. The molecule has 0 radical (unpaired) electrons. The summed E-state index contributed by atoms with van der Waals surface area (Å²) in [5.74, 6) is 0.388. The molecule has 0 bridgehead atoms. The second-order valence-electron chi connectivity index (χ2n) is 5.52. The molecule has 0 saturated heterocycles. The Bertz CT molecular complexity index is 424. The lowest BCUT2D eigenvalue weighted by molar-refractivity contribution is 0.222. The number of benzene rings is 1. The van der Waals surface area contributed by atoms with Gasteiger partial charge in [-0.15, -0.1) is 23.2 Å². The van der Waals surface area contributed by atoms with E-state index < -0.39 is 5.82 Å². The fraction of sp³-hybridized carbons (Fsp3) is 0.600. The molecule has 0 N–H and O–H groups in total. The first kappa shape index (κ1) is 15.1. The molecule has 1 aromatic carbocycles. The van der Waals surface area contributed by atoms with Gasteiger partial charge in [0.25, 0.3) is 0 Å². The van der Waals surface area contributed by atoms with Gasteiger partial charge in [-0.25, -0.2) is 8.78 Å². The van der Waals surface area contributed by atoms with Crippen LogP contribution >= 0.6 is 23.2 Å². The van der Waals surface area contributed by atoms with Crippen molar-refractivity contribution in [3.8, 4) is 0 Å². The molecule has 1 aromatic rings. The van der Waals surface area contributed by atoms with Gasteiger partial charge in [0.2, 0.25) is 0 Å². The standard InChI is InChI=1S/C15H18Cl2F2/c16-9-15(10-17,12-3-1-2-4-12)8-11-7-13(18)5-6-14(11)19/h5-7,12H,1-4,8-10H2. The Labute approximate surface area is 123 Å². The lowest BCUT2D eigenvalue weighted by Gasteiger charge is -2.36. The maximum Gasteiger partial charge on any atom is 0.126 e. The van der Waals surface area contributed by atoms with E-state index >= 15 is 0 Å². The van der Waals surface area contributed by atoms with Crippen molar-refractivity contribution in [3.05, 3.63) is 35.4 Å². The Morgan fingerprint density at radius 1 is 1.11 bits per heavy atom. The van der Waals surface area contributed by atoms with Gasteiger partial charge in [0.15, 0.2) is 0 Å². The van der Waals surface area contributed by atoms with Crippen molar-refractivity contribution in [1.82, 2.24) is 0 Å². The van der Waals surface area contributed by atoms with Crippen LogP contribution in [0.3, 0.4) is 0 Å². The van der Waals surface area contributed by atoms with Gasteiger partial charge in [0.1, 0.15) is 11.6 Å². The Hall–Kier alpha value is -0.340. The van der Waals surface area contributed by atoms with E-state index in [1.807, 2.05) is 0 Å². The summed E-state index contributed by atoms with van der Waals surface area (Å²) in [7, 11) is 0. The average molecular weight is 307 g/mol. The van der Waals surface area contributed by atoms with Crippen LogP contribution in [0, 0.1) is 23.0 Å². The first-order valence-electron chi connectivity index (χ1n) is 6.67. The Morgan fingerprint density at radius 3 is 2.32 bits per heavy atom. The smallest absolute Gasteiger partial charge is 0.126 e. The number of halogens is 4. The van der Waals surface area contributed by atoms with Gasteiger partial charge in [-0.2, -0.15) is 0 Å². The van der Waals surface area contributed by atoms with Gasteiger partial charge in [0.05, 0.1) is 0 Å². The van der Waals surface area contributed by atoms with Crippen molar-refractivity contribution < 1.29 is 8.78 Å². The molecule has 1 fully saturated rings. The van der Waals surface area contributed by atoms with E-state index in [0.29, 0.717) is 29.7 Å². The summed E-state index contributed by atoms with van der Waals surface area (Å²) in [5.41, 5.74) is 0.0574. The molecule has 19 heavy (non-hydrogen) atoms. The Kier molecular flexibility index (Phi) is 5.08. The minimum Gasteiger partial charge on any atom is -0.207 e. The van der Waals surface area contributed by atoms with E-state index in [1.54, 1.807) is 0 Å². The van der Waals surface area contributed by atoms with Gasteiger partial charge in [-0.3, -0.25) is 0 Å². The van der Waals surface area contributed by atoms with Crippen LogP contribution in [0.1, 0.15) is 31.2 Å². The zero-order valence-corrected chi connectivity index (χ0v) is 12.3. The van der Waals surface area contributed by atoms with Crippen LogP contribution in [0.4, 0.5) is 8.78 Å². The summed E-state index contributed by atoms with van der Waals surface area (Å²) in [6.07, 6.45) is 4.92. The summed E-state index contributed by atoms with van der Waals surface area (Å²) in [5, 5.41) is 0. The monoisotopic (exact) mass is 306 g/mol. The summed E-state index contributed by atoms with van der Waals surface area (Å²) >= 11 is 12.3. The van der Waals surface area contributed by atoms with Crippen LogP contribution in [0.15, 0.2) is 18.2 Å². The Balaban J connectivity index is 2.27. The normalized spacial score (nSPS) is 17.1. The molecule has 0 heterocycles. The fourth-order valence-corrected chi connectivity index (χ4v) is 4.00. The van der Waals surface area contributed by atoms with Crippen molar-refractivity contribution in [2.24, 2.45) is 11.3 Å². The average Bonchev–Trinajstić information content (AvgIpc) is 2.94. The summed E-state index contributed by atoms with van der Waals surface area (Å²) in [6.45, 7) is 0. The predicted octanol–water partition coefficient (Wildman–Crippen LogP) is 5.16.